The Balaban J connectivity index is 1.33. The van der Waals surface area contributed by atoms with E-state index >= 15 is 0 Å². The predicted molar refractivity (Wildman–Crippen MR) is 175 cm³/mol. The first-order chi connectivity index (χ1) is 21.3. The second-order valence-corrected chi connectivity index (χ2v) is 9.69. The summed E-state index contributed by atoms with van der Waals surface area (Å²) in [6.45, 7) is 0. The molecule has 0 heterocycles. The van der Waals surface area contributed by atoms with Gasteiger partial charge in [-0.05, 0) is 91.0 Å². The molecule has 43 heavy (non-hydrogen) atoms. The normalized spacial score (nSPS) is 10.7. The number of benzene rings is 6. The molecule has 5 nitrogen and oxygen atoms in total. The van der Waals surface area contributed by atoms with Crippen molar-refractivity contribution >= 4 is 34.7 Å². The van der Waals surface area contributed by atoms with Crippen molar-refractivity contribution in [2.45, 2.75) is 0 Å². The molecular weight excluding hydrogens is 528 g/mol. The van der Waals surface area contributed by atoms with Gasteiger partial charge in [-0.25, -0.2) is 5.01 Å². The third-order valence-corrected chi connectivity index (χ3v) is 6.82. The lowest BCUT2D eigenvalue weighted by atomic mass is 10.1. The summed E-state index contributed by atoms with van der Waals surface area (Å²) in [5, 5.41) is 16.9. The molecule has 0 spiro atoms. The van der Waals surface area contributed by atoms with Gasteiger partial charge in [-0.15, -0.1) is 0 Å². The van der Waals surface area contributed by atoms with Crippen LogP contribution in [-0.4, -0.2) is 6.21 Å². The fraction of sp³-hybridized carbons (Fsp3) is 0. The summed E-state index contributed by atoms with van der Waals surface area (Å²) in [5.41, 5.74) is 5.87. The molecule has 0 unspecified atom stereocenters. The highest BCUT2D eigenvalue weighted by molar-refractivity contribution is 5.87. The number of para-hydroxylation sites is 4. The zero-order valence-electron chi connectivity index (χ0n) is 23.4. The van der Waals surface area contributed by atoms with E-state index in [0.29, 0.717) is 5.56 Å². The molecule has 5 heteroatoms. The van der Waals surface area contributed by atoms with Crippen molar-refractivity contribution in [3.05, 3.63) is 175 Å². The van der Waals surface area contributed by atoms with E-state index in [1.165, 1.54) is 0 Å². The first-order valence-electron chi connectivity index (χ1n) is 13.9. The Labute approximate surface area is 251 Å². The molecule has 0 aliphatic rings. The van der Waals surface area contributed by atoms with Gasteiger partial charge in [0.25, 0.3) is 0 Å². The third-order valence-electron chi connectivity index (χ3n) is 6.82. The molecule has 0 saturated carbocycles. The Morgan fingerprint density at radius 3 is 1.53 bits per heavy atom. The standard InChI is InChI=1S/C38H28N4O/c39-28-31-27-36(22-21-30(31)29-40-42(34-15-7-2-8-16-34)35-17-9-3-10-18-35)41(32-13-5-1-6-14-32)33-23-25-38(26-24-33)43-37-19-11-4-12-20-37/h1-27,29H. The molecule has 0 amide bonds. The van der Waals surface area contributed by atoms with E-state index in [2.05, 4.69) is 11.0 Å². The van der Waals surface area contributed by atoms with Crippen molar-refractivity contribution in [2.75, 3.05) is 9.91 Å². The van der Waals surface area contributed by atoms with Crippen LogP contribution in [0.4, 0.5) is 28.4 Å². The zero-order valence-corrected chi connectivity index (χ0v) is 23.4. The Morgan fingerprint density at radius 1 is 0.512 bits per heavy atom. The zero-order chi connectivity index (χ0) is 29.3. The van der Waals surface area contributed by atoms with Crippen LogP contribution in [0, 0.1) is 11.3 Å². The van der Waals surface area contributed by atoms with Crippen LogP contribution in [0.5, 0.6) is 11.5 Å². The first-order valence-corrected chi connectivity index (χ1v) is 13.9. The predicted octanol–water partition coefficient (Wildman–Crippen LogP) is 9.99. The molecule has 0 saturated heterocycles. The highest BCUT2D eigenvalue weighted by Crippen LogP contribution is 2.36. The molecule has 6 rings (SSSR count). The number of anilines is 5. The molecule has 0 atom stereocenters. The Hall–Kier alpha value is -6.12. The fourth-order valence-corrected chi connectivity index (χ4v) is 4.75. The SMILES string of the molecule is N#Cc1cc(N(c2ccccc2)c2ccc(Oc3ccccc3)cc2)ccc1C=NN(c1ccccc1)c1ccccc1. The molecule has 6 aromatic rings. The van der Waals surface area contributed by atoms with Crippen LogP contribution in [0.3, 0.4) is 0 Å². The van der Waals surface area contributed by atoms with Crippen molar-refractivity contribution in [1.29, 1.82) is 5.26 Å². The number of nitriles is 1. The lowest BCUT2D eigenvalue weighted by Crippen LogP contribution is -2.11. The van der Waals surface area contributed by atoms with Crippen LogP contribution < -0.4 is 14.6 Å². The largest absolute Gasteiger partial charge is 0.457 e. The summed E-state index contributed by atoms with van der Waals surface area (Å²) in [4.78, 5) is 2.12. The van der Waals surface area contributed by atoms with E-state index in [1.807, 2.05) is 169 Å². The van der Waals surface area contributed by atoms with E-state index in [9.17, 15) is 5.26 Å². The minimum atomic E-state index is 0.521. The summed E-state index contributed by atoms with van der Waals surface area (Å²) >= 11 is 0. The molecule has 0 aliphatic carbocycles. The maximum atomic E-state index is 10.2. The average Bonchev–Trinajstić information content (AvgIpc) is 3.08. The highest BCUT2D eigenvalue weighted by Gasteiger charge is 2.15. The van der Waals surface area contributed by atoms with E-state index < -0.39 is 0 Å². The molecule has 0 N–H and O–H groups in total. The van der Waals surface area contributed by atoms with Crippen molar-refractivity contribution in [1.82, 2.24) is 0 Å². The van der Waals surface area contributed by atoms with Gasteiger partial charge in [0, 0.05) is 22.6 Å². The number of nitrogens with zero attached hydrogens (tertiary/aromatic N) is 4. The molecule has 0 aliphatic heterocycles. The molecule has 0 fully saturated rings. The summed E-state index contributed by atoms with van der Waals surface area (Å²) in [6.07, 6.45) is 1.74. The maximum Gasteiger partial charge on any atom is 0.127 e. The minimum absolute atomic E-state index is 0.521. The highest BCUT2D eigenvalue weighted by atomic mass is 16.5. The van der Waals surface area contributed by atoms with Crippen LogP contribution in [0.1, 0.15) is 11.1 Å². The van der Waals surface area contributed by atoms with Crippen molar-refractivity contribution in [3.8, 4) is 17.6 Å². The van der Waals surface area contributed by atoms with Crippen LogP contribution >= 0.6 is 0 Å². The van der Waals surface area contributed by atoms with Gasteiger partial charge in [-0.1, -0.05) is 72.8 Å². The van der Waals surface area contributed by atoms with Crippen molar-refractivity contribution in [3.63, 3.8) is 0 Å². The van der Waals surface area contributed by atoms with Gasteiger partial charge < -0.3 is 9.64 Å². The second-order valence-electron chi connectivity index (χ2n) is 9.69. The van der Waals surface area contributed by atoms with Crippen LogP contribution in [0.25, 0.3) is 0 Å². The average molecular weight is 557 g/mol. The van der Waals surface area contributed by atoms with Gasteiger partial charge in [-0.2, -0.15) is 10.4 Å². The third kappa shape index (κ3) is 6.45. The van der Waals surface area contributed by atoms with Gasteiger partial charge in [0.2, 0.25) is 0 Å². The molecule has 0 aromatic heterocycles. The van der Waals surface area contributed by atoms with E-state index in [4.69, 9.17) is 9.84 Å². The Bertz CT molecular complexity index is 1790. The van der Waals surface area contributed by atoms with E-state index in [1.54, 1.807) is 6.21 Å². The quantitative estimate of drug-likeness (QED) is 0.131. The van der Waals surface area contributed by atoms with Gasteiger partial charge >= 0.3 is 0 Å². The smallest absolute Gasteiger partial charge is 0.127 e. The summed E-state index contributed by atoms with van der Waals surface area (Å²) in [7, 11) is 0. The van der Waals surface area contributed by atoms with Crippen LogP contribution in [-0.2, 0) is 0 Å². The lowest BCUT2D eigenvalue weighted by Gasteiger charge is -2.26. The number of hydrogen-bond acceptors (Lipinski definition) is 5. The number of ether oxygens (including phenoxy) is 1. The van der Waals surface area contributed by atoms with Crippen molar-refractivity contribution in [2.24, 2.45) is 5.10 Å². The van der Waals surface area contributed by atoms with Gasteiger partial charge in [-0.3, -0.25) is 0 Å². The van der Waals surface area contributed by atoms with Gasteiger partial charge in [0.15, 0.2) is 0 Å². The number of rotatable bonds is 9. The molecule has 0 bridgehead atoms. The first kappa shape index (κ1) is 27.1. The minimum Gasteiger partial charge on any atom is -0.457 e. The monoisotopic (exact) mass is 556 g/mol. The topological polar surface area (TPSA) is 51.9 Å². The molecule has 0 radical (unpaired) electrons. The summed E-state index contributed by atoms with van der Waals surface area (Å²) < 4.78 is 6.01. The maximum absolute atomic E-state index is 10.2. The number of hydrazone groups is 1. The van der Waals surface area contributed by atoms with Crippen molar-refractivity contribution < 1.29 is 4.74 Å². The second kappa shape index (κ2) is 13.0. The lowest BCUT2D eigenvalue weighted by molar-refractivity contribution is 0.483. The fourth-order valence-electron chi connectivity index (χ4n) is 4.75. The van der Waals surface area contributed by atoms with E-state index in [0.717, 1.165) is 45.5 Å². The molecule has 6 aromatic carbocycles. The van der Waals surface area contributed by atoms with Crippen LogP contribution in [0.2, 0.25) is 0 Å². The molecular formula is C38H28N4O. The summed E-state index contributed by atoms with van der Waals surface area (Å²) in [6, 6.07) is 55.9. The Morgan fingerprint density at radius 2 is 0.977 bits per heavy atom. The Kier molecular flexibility index (Phi) is 8.20. The van der Waals surface area contributed by atoms with Crippen LogP contribution in [0.15, 0.2) is 169 Å². The summed E-state index contributed by atoms with van der Waals surface area (Å²) in [5.74, 6) is 1.53. The van der Waals surface area contributed by atoms with E-state index in [-0.39, 0.29) is 0 Å². The number of hydrogen-bond donors (Lipinski definition) is 0. The van der Waals surface area contributed by atoms with Gasteiger partial charge in [0.05, 0.1) is 29.2 Å². The molecule has 206 valence electrons. The van der Waals surface area contributed by atoms with Gasteiger partial charge in [0.1, 0.15) is 11.5 Å².